The van der Waals surface area contributed by atoms with Crippen molar-refractivity contribution >= 4 is 63.9 Å². The fourth-order valence-corrected chi connectivity index (χ4v) is 3.54. The molecule has 7 nitrogen and oxygen atoms in total. The first kappa shape index (κ1) is 26.3. The quantitative estimate of drug-likeness (QED) is 0.167. The molecule has 1 aromatic heterocycles. The van der Waals surface area contributed by atoms with Gasteiger partial charge in [0.15, 0.2) is 4.77 Å². The van der Waals surface area contributed by atoms with Crippen molar-refractivity contribution in [3.8, 4) is 11.5 Å². The van der Waals surface area contributed by atoms with Crippen LogP contribution < -0.4 is 72.3 Å². The number of imidazole rings is 1. The SMILES string of the molecule is CCOC(=S)[S-].Nc1cc2c(cc1N)OCC2.S=c1[nH]c2cc3c(cc2[nH]1)OCC3.[K+]. The normalized spacial score (nSPS) is 12.5. The number of hydrogen-bond donors (Lipinski definition) is 4. The molecule has 0 unspecified atom stereocenters. The van der Waals surface area contributed by atoms with Crippen LogP contribution in [-0.4, -0.2) is 34.2 Å². The minimum Gasteiger partial charge on any atom is -0.514 e. The molecule has 0 amide bonds. The summed E-state index contributed by atoms with van der Waals surface area (Å²) in [5.74, 6) is 1.87. The van der Waals surface area contributed by atoms with Crippen LogP contribution in [0.3, 0.4) is 0 Å². The van der Waals surface area contributed by atoms with E-state index in [-0.39, 0.29) is 55.8 Å². The summed E-state index contributed by atoms with van der Waals surface area (Å²) < 4.78 is 16.2. The van der Waals surface area contributed by atoms with Crippen LogP contribution in [0.5, 0.6) is 11.5 Å². The zero-order valence-electron chi connectivity index (χ0n) is 17.4. The number of aromatic amines is 2. The molecule has 2 aliphatic heterocycles. The fourth-order valence-electron chi connectivity index (χ4n) is 3.09. The summed E-state index contributed by atoms with van der Waals surface area (Å²) in [4.78, 5) is 6.16. The molecule has 0 saturated heterocycles. The smallest absolute Gasteiger partial charge is 0.514 e. The molecule has 0 fully saturated rings. The number of nitrogen functional groups attached to an aromatic ring is 2. The van der Waals surface area contributed by atoms with E-state index < -0.39 is 0 Å². The maximum Gasteiger partial charge on any atom is 1.00 e. The Labute approximate surface area is 239 Å². The molecule has 0 aliphatic carbocycles. The van der Waals surface area contributed by atoms with Crippen molar-refractivity contribution in [1.29, 1.82) is 0 Å². The van der Waals surface area contributed by atoms with E-state index in [9.17, 15) is 0 Å². The van der Waals surface area contributed by atoms with Crippen molar-refractivity contribution in [1.82, 2.24) is 9.97 Å². The topological polar surface area (TPSA) is 111 Å². The van der Waals surface area contributed by atoms with Gasteiger partial charge in [0.25, 0.3) is 0 Å². The summed E-state index contributed by atoms with van der Waals surface area (Å²) in [5.41, 5.74) is 17.0. The van der Waals surface area contributed by atoms with E-state index in [0.717, 1.165) is 54.2 Å². The maximum absolute atomic E-state index is 5.61. The molecular formula is C20H23KN4O3S3. The number of anilines is 2. The zero-order chi connectivity index (χ0) is 21.7. The Morgan fingerprint density at radius 1 is 1.00 bits per heavy atom. The van der Waals surface area contributed by atoms with E-state index in [1.807, 2.05) is 19.1 Å². The van der Waals surface area contributed by atoms with Crippen LogP contribution in [-0.2, 0) is 30.2 Å². The Hall–Kier alpha value is -0.924. The molecule has 2 aromatic carbocycles. The first-order valence-electron chi connectivity index (χ1n) is 9.39. The van der Waals surface area contributed by atoms with Gasteiger partial charge in [-0.05, 0) is 42.4 Å². The number of ether oxygens (including phenoxy) is 3. The second kappa shape index (κ2) is 12.4. The van der Waals surface area contributed by atoms with Gasteiger partial charge in [0.1, 0.15) is 11.5 Å². The van der Waals surface area contributed by atoms with Gasteiger partial charge in [-0.25, -0.2) is 0 Å². The van der Waals surface area contributed by atoms with Gasteiger partial charge in [-0.1, -0.05) is 0 Å². The molecule has 5 rings (SSSR count). The summed E-state index contributed by atoms with van der Waals surface area (Å²) in [5, 5.41) is 0. The molecule has 0 bridgehead atoms. The molecule has 2 aliphatic rings. The largest absolute Gasteiger partial charge is 1.00 e. The van der Waals surface area contributed by atoms with E-state index in [1.165, 1.54) is 5.56 Å². The first-order chi connectivity index (χ1) is 14.4. The Morgan fingerprint density at radius 3 is 2.06 bits per heavy atom. The zero-order valence-corrected chi connectivity index (χ0v) is 23.0. The van der Waals surface area contributed by atoms with E-state index in [4.69, 9.17) is 33.2 Å². The van der Waals surface area contributed by atoms with Crippen molar-refractivity contribution in [3.63, 3.8) is 0 Å². The third-order valence-corrected chi connectivity index (χ3v) is 4.92. The van der Waals surface area contributed by atoms with Gasteiger partial charge in [0.05, 0.1) is 42.2 Å². The van der Waals surface area contributed by atoms with Gasteiger partial charge < -0.3 is 60.5 Å². The van der Waals surface area contributed by atoms with Crippen LogP contribution in [0.4, 0.5) is 11.4 Å². The van der Waals surface area contributed by atoms with Crippen LogP contribution in [0.25, 0.3) is 11.0 Å². The molecule has 0 spiro atoms. The summed E-state index contributed by atoms with van der Waals surface area (Å²) in [6.45, 7) is 3.97. The molecular weight excluding hydrogens is 480 g/mol. The van der Waals surface area contributed by atoms with Crippen LogP contribution in [0, 0.1) is 4.77 Å². The van der Waals surface area contributed by atoms with E-state index in [2.05, 4.69) is 45.6 Å². The maximum atomic E-state index is 5.61. The molecule has 0 atom stereocenters. The van der Waals surface area contributed by atoms with Gasteiger partial charge >= 0.3 is 51.4 Å². The molecule has 0 radical (unpaired) electrons. The number of H-pyrrole nitrogens is 2. The van der Waals surface area contributed by atoms with E-state index in [0.29, 0.717) is 22.8 Å². The summed E-state index contributed by atoms with van der Waals surface area (Å²) in [6.07, 6.45) is 1.94. The number of aromatic nitrogens is 2. The third-order valence-electron chi connectivity index (χ3n) is 4.48. The summed E-state index contributed by atoms with van der Waals surface area (Å²) >= 11 is 13.8. The van der Waals surface area contributed by atoms with Gasteiger partial charge in [-0.3, -0.25) is 0 Å². The predicted octanol–water partition coefficient (Wildman–Crippen LogP) is 0.805. The predicted molar refractivity (Wildman–Crippen MR) is 129 cm³/mol. The average molecular weight is 503 g/mol. The average Bonchev–Trinajstić information content (AvgIpc) is 3.39. The standard InChI is InChI=1S/C9H8N2OS.C8H10N2O.C3H6OS2.K/c13-9-10-6-3-5-1-2-12-8(5)4-7(6)11-9;9-6-3-5-1-2-11-8(5)4-7(6)10;1-2-4-3(5)6;/h3-4H,1-2H2,(H2,10,11,13);3-4H,1-2,9-10H2;2H2,1H3,(H,5,6);/q;;;+1/p-1. The monoisotopic (exact) mass is 502 g/mol. The Balaban J connectivity index is 0.000000174. The number of nitrogens with one attached hydrogen (secondary N) is 2. The molecule has 31 heavy (non-hydrogen) atoms. The van der Waals surface area contributed by atoms with Gasteiger partial charge in [-0.2, -0.15) is 0 Å². The molecule has 160 valence electrons. The molecule has 3 aromatic rings. The third kappa shape index (κ3) is 7.29. The minimum absolute atomic E-state index is 0. The van der Waals surface area contributed by atoms with Crippen molar-refractivity contribution in [2.75, 3.05) is 31.3 Å². The van der Waals surface area contributed by atoms with Gasteiger partial charge in [0.2, 0.25) is 0 Å². The fraction of sp³-hybridized carbons (Fsp3) is 0.300. The molecule has 6 N–H and O–H groups in total. The molecule has 0 saturated carbocycles. The number of hydrogen-bond acceptors (Lipinski definition) is 8. The van der Waals surface area contributed by atoms with Crippen LogP contribution in [0.15, 0.2) is 24.3 Å². The number of benzene rings is 2. The summed E-state index contributed by atoms with van der Waals surface area (Å²) in [7, 11) is 0. The number of rotatable bonds is 1. The van der Waals surface area contributed by atoms with Crippen LogP contribution in [0.1, 0.15) is 18.1 Å². The number of nitrogens with two attached hydrogens (primary N) is 2. The Morgan fingerprint density at radius 2 is 1.52 bits per heavy atom. The van der Waals surface area contributed by atoms with Crippen LogP contribution in [0.2, 0.25) is 0 Å². The van der Waals surface area contributed by atoms with Gasteiger partial charge in [0, 0.05) is 29.4 Å². The molecule has 3 heterocycles. The van der Waals surface area contributed by atoms with E-state index >= 15 is 0 Å². The van der Waals surface area contributed by atoms with Crippen LogP contribution >= 0.6 is 24.4 Å². The Kier molecular flexibility index (Phi) is 10.5. The molecule has 11 heteroatoms. The second-order valence-electron chi connectivity index (χ2n) is 6.55. The number of fused-ring (bicyclic) bond motifs is 3. The van der Waals surface area contributed by atoms with Crippen molar-refractivity contribution in [2.45, 2.75) is 19.8 Å². The minimum atomic E-state index is 0. The summed E-state index contributed by atoms with van der Waals surface area (Å²) in [6, 6.07) is 7.78. The first-order valence-corrected chi connectivity index (χ1v) is 10.6. The number of thiocarbonyl (C=S) groups is 1. The van der Waals surface area contributed by atoms with Gasteiger partial charge in [-0.15, -0.1) is 0 Å². The Bertz CT molecular complexity index is 1040. The van der Waals surface area contributed by atoms with E-state index in [1.54, 1.807) is 6.07 Å². The van der Waals surface area contributed by atoms with Crippen molar-refractivity contribution in [2.24, 2.45) is 0 Å². The van der Waals surface area contributed by atoms with Crippen molar-refractivity contribution < 1.29 is 65.6 Å². The second-order valence-corrected chi connectivity index (χ2v) is 7.96. The van der Waals surface area contributed by atoms with Crippen molar-refractivity contribution in [3.05, 3.63) is 40.2 Å².